The highest BCUT2D eigenvalue weighted by Gasteiger charge is 2.38. The molecule has 1 fully saturated rings. The molecular weight excluding hydrogens is 318 g/mol. The van der Waals surface area contributed by atoms with Crippen LogP contribution in [0.3, 0.4) is 0 Å². The van der Waals surface area contributed by atoms with Gasteiger partial charge in [0.1, 0.15) is 5.69 Å². The van der Waals surface area contributed by atoms with Crippen LogP contribution >= 0.6 is 0 Å². The van der Waals surface area contributed by atoms with E-state index in [0.29, 0.717) is 25.1 Å². The Balaban J connectivity index is 1.43. The highest BCUT2D eigenvalue weighted by Crippen LogP contribution is 2.36. The maximum absolute atomic E-state index is 12.4. The molecule has 2 aliphatic heterocycles. The molecule has 134 valence electrons. The summed E-state index contributed by atoms with van der Waals surface area (Å²) in [6, 6.07) is 3.77. The molecule has 1 N–H and O–H groups in total. The van der Waals surface area contributed by atoms with Gasteiger partial charge in [0.2, 0.25) is 0 Å². The number of nitrogens with zero attached hydrogens (tertiary/aromatic N) is 4. The van der Waals surface area contributed by atoms with Crippen molar-refractivity contribution >= 4 is 5.91 Å². The van der Waals surface area contributed by atoms with Gasteiger partial charge in [-0.25, -0.2) is 0 Å². The lowest BCUT2D eigenvalue weighted by Crippen LogP contribution is -2.38. The molecule has 0 atom stereocenters. The highest BCUT2D eigenvalue weighted by molar-refractivity contribution is 5.92. The van der Waals surface area contributed by atoms with Gasteiger partial charge in [0, 0.05) is 58.2 Å². The molecule has 1 amide bonds. The van der Waals surface area contributed by atoms with E-state index in [-0.39, 0.29) is 11.6 Å². The van der Waals surface area contributed by atoms with Crippen LogP contribution in [0.25, 0.3) is 0 Å². The number of aromatic nitrogens is 1. The molecule has 0 saturated carbocycles. The fourth-order valence-corrected chi connectivity index (χ4v) is 3.02. The molecule has 0 radical (unpaired) electrons. The number of rotatable bonds is 9. The van der Waals surface area contributed by atoms with Crippen LogP contribution in [0.5, 0.6) is 0 Å². The number of hydrogen-bond acceptors (Lipinski definition) is 5. The summed E-state index contributed by atoms with van der Waals surface area (Å²) < 4.78 is 7.37. The van der Waals surface area contributed by atoms with Crippen LogP contribution in [0.1, 0.15) is 29.8 Å². The molecule has 0 bridgehead atoms. The maximum atomic E-state index is 12.4. The average Bonchev–Trinajstić information content (AvgIpc) is 3.24. The van der Waals surface area contributed by atoms with Crippen molar-refractivity contribution in [3.63, 3.8) is 0 Å². The van der Waals surface area contributed by atoms with Gasteiger partial charge in [-0.2, -0.15) is 10.2 Å². The van der Waals surface area contributed by atoms with Gasteiger partial charge in [0.05, 0.1) is 13.2 Å². The van der Waals surface area contributed by atoms with E-state index in [4.69, 9.17) is 11.2 Å². The molecular formula is C18H25N5O2. The van der Waals surface area contributed by atoms with E-state index in [0.717, 1.165) is 45.8 Å². The van der Waals surface area contributed by atoms with Crippen LogP contribution in [-0.2, 0) is 11.3 Å². The topological polar surface area (TPSA) is 71.2 Å². The van der Waals surface area contributed by atoms with Gasteiger partial charge in [0.25, 0.3) is 5.91 Å². The van der Waals surface area contributed by atoms with E-state index < -0.39 is 0 Å². The van der Waals surface area contributed by atoms with Crippen LogP contribution in [0.2, 0.25) is 0 Å². The number of carbonyl (C=O) groups excluding carboxylic acids is 1. The SMILES string of the molecule is C#CCCC1(CCNC(=O)c2cccn2CCN2CCOCC2)N=N1. The van der Waals surface area contributed by atoms with Gasteiger partial charge < -0.3 is 14.6 Å². The Morgan fingerprint density at radius 2 is 2.12 bits per heavy atom. The third-order valence-corrected chi connectivity index (χ3v) is 4.69. The Hall–Kier alpha value is -2.17. The number of hydrogen-bond donors (Lipinski definition) is 1. The van der Waals surface area contributed by atoms with Crippen molar-refractivity contribution in [2.24, 2.45) is 10.2 Å². The highest BCUT2D eigenvalue weighted by atomic mass is 16.5. The second-order valence-electron chi connectivity index (χ2n) is 6.43. The quantitative estimate of drug-likeness (QED) is 0.691. The summed E-state index contributed by atoms with van der Waals surface area (Å²) in [6.45, 7) is 5.75. The van der Waals surface area contributed by atoms with Crippen molar-refractivity contribution in [3.05, 3.63) is 24.0 Å². The van der Waals surface area contributed by atoms with E-state index in [9.17, 15) is 4.79 Å². The zero-order chi connectivity index (χ0) is 17.5. The number of morpholine rings is 1. The Morgan fingerprint density at radius 3 is 2.84 bits per heavy atom. The second-order valence-corrected chi connectivity index (χ2v) is 6.43. The maximum Gasteiger partial charge on any atom is 0.267 e. The molecule has 25 heavy (non-hydrogen) atoms. The number of terminal acetylenes is 1. The first-order chi connectivity index (χ1) is 12.2. The largest absolute Gasteiger partial charge is 0.379 e. The zero-order valence-corrected chi connectivity index (χ0v) is 14.5. The Morgan fingerprint density at radius 1 is 1.32 bits per heavy atom. The van der Waals surface area contributed by atoms with Crippen molar-refractivity contribution in [2.45, 2.75) is 31.5 Å². The van der Waals surface area contributed by atoms with Crippen LogP contribution in [0.4, 0.5) is 0 Å². The molecule has 1 saturated heterocycles. The number of amides is 1. The third kappa shape index (κ3) is 4.91. The number of carbonyl (C=O) groups is 1. The van der Waals surface area contributed by atoms with Crippen LogP contribution in [0, 0.1) is 12.3 Å². The fraction of sp³-hybridized carbons (Fsp3) is 0.611. The van der Waals surface area contributed by atoms with Gasteiger partial charge >= 0.3 is 0 Å². The van der Waals surface area contributed by atoms with Crippen molar-refractivity contribution in [1.82, 2.24) is 14.8 Å². The Kier molecular flexibility index (Phi) is 5.84. The lowest BCUT2D eigenvalue weighted by atomic mass is 10.0. The molecule has 7 nitrogen and oxygen atoms in total. The van der Waals surface area contributed by atoms with E-state index in [2.05, 4.69) is 26.4 Å². The minimum atomic E-state index is -0.349. The van der Waals surface area contributed by atoms with Crippen molar-refractivity contribution in [1.29, 1.82) is 0 Å². The summed E-state index contributed by atoms with van der Waals surface area (Å²) in [5, 5.41) is 11.1. The van der Waals surface area contributed by atoms with Crippen LogP contribution in [0.15, 0.2) is 28.6 Å². The van der Waals surface area contributed by atoms with E-state index >= 15 is 0 Å². The molecule has 3 heterocycles. The Bertz CT molecular complexity index is 649. The predicted molar refractivity (Wildman–Crippen MR) is 94.3 cm³/mol. The standard InChI is InChI=1S/C18H25N5O2/c1-2-3-6-18(20-21-18)7-8-19-17(24)16-5-4-9-23(16)11-10-22-12-14-25-15-13-22/h1,4-5,9H,3,6-8,10-15H2,(H,19,24). The third-order valence-electron chi connectivity index (χ3n) is 4.69. The van der Waals surface area contributed by atoms with Gasteiger partial charge in [-0.05, 0) is 12.1 Å². The normalized spacial score (nSPS) is 18.7. The van der Waals surface area contributed by atoms with E-state index in [1.165, 1.54) is 0 Å². The van der Waals surface area contributed by atoms with Crippen LogP contribution < -0.4 is 5.32 Å². The molecule has 1 aromatic rings. The fourth-order valence-electron chi connectivity index (χ4n) is 3.02. The van der Waals surface area contributed by atoms with Gasteiger partial charge in [-0.15, -0.1) is 12.3 Å². The predicted octanol–water partition coefficient (Wildman–Crippen LogP) is 1.52. The van der Waals surface area contributed by atoms with Crippen LogP contribution in [-0.4, -0.2) is 60.4 Å². The summed E-state index contributed by atoms with van der Waals surface area (Å²) in [5.74, 6) is 2.56. The summed E-state index contributed by atoms with van der Waals surface area (Å²) in [4.78, 5) is 14.8. The molecule has 2 aliphatic rings. The second kappa shape index (κ2) is 8.28. The lowest BCUT2D eigenvalue weighted by molar-refractivity contribution is 0.0363. The van der Waals surface area contributed by atoms with Crippen molar-refractivity contribution in [2.75, 3.05) is 39.4 Å². The molecule has 0 unspecified atom stereocenters. The molecule has 0 spiro atoms. The monoisotopic (exact) mass is 343 g/mol. The van der Waals surface area contributed by atoms with Crippen molar-refractivity contribution in [3.8, 4) is 12.3 Å². The van der Waals surface area contributed by atoms with Gasteiger partial charge in [0.15, 0.2) is 5.66 Å². The minimum absolute atomic E-state index is 0.0558. The summed E-state index contributed by atoms with van der Waals surface area (Å²) in [5.41, 5.74) is 0.341. The number of ether oxygens (including phenoxy) is 1. The van der Waals surface area contributed by atoms with Crippen molar-refractivity contribution < 1.29 is 9.53 Å². The van der Waals surface area contributed by atoms with E-state index in [1.54, 1.807) is 0 Å². The first kappa shape index (κ1) is 17.6. The molecule has 0 aromatic carbocycles. The molecule has 1 aromatic heterocycles. The average molecular weight is 343 g/mol. The van der Waals surface area contributed by atoms with Gasteiger partial charge in [-0.1, -0.05) is 0 Å². The van der Waals surface area contributed by atoms with E-state index in [1.807, 2.05) is 22.9 Å². The summed E-state index contributed by atoms with van der Waals surface area (Å²) >= 11 is 0. The first-order valence-corrected chi connectivity index (χ1v) is 8.83. The minimum Gasteiger partial charge on any atom is -0.379 e. The molecule has 0 aliphatic carbocycles. The Labute approximate surface area is 148 Å². The van der Waals surface area contributed by atoms with Gasteiger partial charge in [-0.3, -0.25) is 9.69 Å². The summed E-state index contributed by atoms with van der Waals surface area (Å²) in [6.07, 6.45) is 9.36. The first-order valence-electron chi connectivity index (χ1n) is 8.83. The smallest absolute Gasteiger partial charge is 0.267 e. The zero-order valence-electron chi connectivity index (χ0n) is 14.5. The number of nitrogens with one attached hydrogen (secondary N) is 1. The molecule has 3 rings (SSSR count). The molecule has 7 heteroatoms. The summed E-state index contributed by atoms with van der Waals surface area (Å²) in [7, 11) is 0. The lowest BCUT2D eigenvalue weighted by Gasteiger charge is -2.26.